The number of sulfonamides is 1. The molecule has 1 saturated heterocycles. The second kappa shape index (κ2) is 9.32. The van der Waals surface area contributed by atoms with Crippen molar-refractivity contribution in [3.63, 3.8) is 0 Å². The maximum Gasteiger partial charge on any atom is 0.335 e. The SMILES string of the molecule is COc1cc(N([C@@H]2O[C@H](C(=O)O)[C@@H](O)[C@H](O)[C@H]2O)S(=O)(=O)c2ccc(N)cc2)nc(OC)n1. The van der Waals surface area contributed by atoms with Crippen molar-refractivity contribution >= 4 is 27.5 Å². The van der Waals surface area contributed by atoms with E-state index in [1.54, 1.807) is 0 Å². The molecule has 0 radical (unpaired) electrons. The minimum atomic E-state index is -4.64. The van der Waals surface area contributed by atoms with Crippen molar-refractivity contribution in [1.29, 1.82) is 0 Å². The van der Waals surface area contributed by atoms with Crippen LogP contribution in [0.15, 0.2) is 35.2 Å². The van der Waals surface area contributed by atoms with Crippen LogP contribution in [0.2, 0.25) is 0 Å². The fourth-order valence-corrected chi connectivity index (χ4v) is 4.60. The van der Waals surface area contributed by atoms with E-state index in [-0.39, 0.29) is 22.5 Å². The molecule has 3 rings (SSSR count). The van der Waals surface area contributed by atoms with Crippen molar-refractivity contribution in [2.75, 3.05) is 24.3 Å². The summed E-state index contributed by atoms with van der Waals surface area (Å²) >= 11 is 0. The van der Waals surface area contributed by atoms with Gasteiger partial charge in [0.25, 0.3) is 10.0 Å². The van der Waals surface area contributed by atoms with E-state index < -0.39 is 52.5 Å². The highest BCUT2D eigenvalue weighted by molar-refractivity contribution is 7.92. The molecule has 33 heavy (non-hydrogen) atoms. The molecule has 0 unspecified atom stereocenters. The quantitative estimate of drug-likeness (QED) is 0.272. The van der Waals surface area contributed by atoms with Crippen molar-refractivity contribution in [2.45, 2.75) is 35.5 Å². The molecule has 5 atom stereocenters. The Hall–Kier alpha value is -3.24. The Bertz CT molecular complexity index is 1090. The first-order valence-corrected chi connectivity index (χ1v) is 10.7. The third-order valence-corrected chi connectivity index (χ3v) is 6.57. The molecule has 0 bridgehead atoms. The van der Waals surface area contributed by atoms with Gasteiger partial charge in [0.1, 0.15) is 18.3 Å². The minimum absolute atomic E-state index is 0.130. The smallest absolute Gasteiger partial charge is 0.335 e. The number of carboxylic acid groups (broad SMARTS) is 1. The number of nitrogen functional groups attached to an aromatic ring is 1. The molecular formula is C18H22N4O10S. The van der Waals surface area contributed by atoms with Gasteiger partial charge in [-0.15, -0.1) is 0 Å². The van der Waals surface area contributed by atoms with Crippen LogP contribution in [0.4, 0.5) is 11.5 Å². The Morgan fingerprint density at radius 3 is 2.24 bits per heavy atom. The first-order valence-electron chi connectivity index (χ1n) is 9.30. The van der Waals surface area contributed by atoms with Gasteiger partial charge in [0.2, 0.25) is 5.88 Å². The zero-order valence-electron chi connectivity index (χ0n) is 17.3. The maximum absolute atomic E-state index is 13.6. The molecule has 1 aromatic heterocycles. The van der Waals surface area contributed by atoms with Gasteiger partial charge in [0.05, 0.1) is 19.1 Å². The molecule has 1 aromatic carbocycles. The largest absolute Gasteiger partial charge is 0.481 e. The van der Waals surface area contributed by atoms with Crippen LogP contribution >= 0.6 is 0 Å². The molecule has 0 amide bonds. The number of methoxy groups -OCH3 is 2. The van der Waals surface area contributed by atoms with Crippen LogP contribution < -0.4 is 19.5 Å². The van der Waals surface area contributed by atoms with Crippen LogP contribution in [-0.4, -0.2) is 89.6 Å². The lowest BCUT2D eigenvalue weighted by molar-refractivity contribution is -0.224. The number of ether oxygens (including phenoxy) is 3. The van der Waals surface area contributed by atoms with E-state index >= 15 is 0 Å². The molecule has 180 valence electrons. The number of hydrogen-bond donors (Lipinski definition) is 5. The number of carbonyl (C=O) groups is 1. The lowest BCUT2D eigenvalue weighted by Crippen LogP contribution is -2.65. The fraction of sp³-hybridized carbons (Fsp3) is 0.389. The van der Waals surface area contributed by atoms with E-state index in [4.69, 9.17) is 19.9 Å². The fourth-order valence-electron chi connectivity index (χ4n) is 3.10. The average molecular weight is 486 g/mol. The number of carboxylic acids is 1. The first kappa shape index (κ1) is 24.4. The molecule has 14 nitrogen and oxygen atoms in total. The molecule has 2 heterocycles. The number of aliphatic carboxylic acids is 1. The molecule has 0 aliphatic carbocycles. The van der Waals surface area contributed by atoms with Crippen molar-refractivity contribution in [2.24, 2.45) is 0 Å². The third kappa shape index (κ3) is 4.62. The van der Waals surface area contributed by atoms with Crippen LogP contribution in [-0.2, 0) is 19.6 Å². The summed E-state index contributed by atoms with van der Waals surface area (Å²) < 4.78 is 42.9. The molecule has 15 heteroatoms. The number of aliphatic hydroxyl groups excluding tert-OH is 3. The van der Waals surface area contributed by atoms with Crippen molar-refractivity contribution in [3.8, 4) is 11.9 Å². The van der Waals surface area contributed by atoms with E-state index in [2.05, 4.69) is 9.97 Å². The summed E-state index contributed by atoms with van der Waals surface area (Å²) in [5, 5.41) is 40.2. The third-order valence-electron chi connectivity index (χ3n) is 4.79. The Kier molecular flexibility index (Phi) is 6.89. The zero-order valence-corrected chi connectivity index (χ0v) is 18.2. The standard InChI is InChI=1S/C18H22N4O10S/c1-30-11-7-10(20-18(21-11)31-2)22(33(28,29)9-5-3-8(19)4-6-9)16-14(25)12(23)13(24)15(32-16)17(26)27/h3-7,12-16,23-25H,19H2,1-2H3,(H,26,27)/t12-,13-,14+,15-,16+/m0/s1. The molecule has 6 N–H and O–H groups in total. The molecule has 0 spiro atoms. The second-order valence-electron chi connectivity index (χ2n) is 6.88. The summed E-state index contributed by atoms with van der Waals surface area (Å²) in [5.41, 5.74) is 5.90. The monoisotopic (exact) mass is 486 g/mol. The summed E-state index contributed by atoms with van der Waals surface area (Å²) in [6.07, 6.45) is -10.3. The molecule has 1 fully saturated rings. The Labute approximate surface area is 187 Å². The van der Waals surface area contributed by atoms with E-state index in [1.807, 2.05) is 0 Å². The summed E-state index contributed by atoms with van der Waals surface area (Å²) in [5.74, 6) is -2.26. The molecule has 1 aliphatic heterocycles. The van der Waals surface area contributed by atoms with Crippen molar-refractivity contribution in [1.82, 2.24) is 9.97 Å². The Balaban J connectivity index is 2.23. The van der Waals surface area contributed by atoms with Gasteiger partial charge in [-0.1, -0.05) is 0 Å². The first-order chi connectivity index (χ1) is 15.5. The molecule has 2 aromatic rings. The minimum Gasteiger partial charge on any atom is -0.481 e. The highest BCUT2D eigenvalue weighted by Crippen LogP contribution is 2.34. The summed E-state index contributed by atoms with van der Waals surface area (Å²) in [7, 11) is -2.18. The number of aliphatic hydroxyl groups is 3. The van der Waals surface area contributed by atoms with Gasteiger partial charge in [-0.2, -0.15) is 9.97 Å². The van der Waals surface area contributed by atoms with Crippen LogP contribution in [0.1, 0.15) is 0 Å². The predicted molar refractivity (Wildman–Crippen MR) is 110 cm³/mol. The second-order valence-corrected chi connectivity index (χ2v) is 8.70. The number of rotatable bonds is 7. The van der Waals surface area contributed by atoms with Crippen molar-refractivity contribution < 1.29 is 47.8 Å². The van der Waals surface area contributed by atoms with E-state index in [1.165, 1.54) is 38.5 Å². The molecule has 0 saturated carbocycles. The van der Waals surface area contributed by atoms with Gasteiger partial charge < -0.3 is 40.4 Å². The number of nitrogens with two attached hydrogens (primary N) is 1. The number of aromatic nitrogens is 2. The van der Waals surface area contributed by atoms with Gasteiger partial charge in [0.15, 0.2) is 18.1 Å². The summed E-state index contributed by atoms with van der Waals surface area (Å²) in [6.45, 7) is 0. The Morgan fingerprint density at radius 1 is 1.06 bits per heavy atom. The van der Waals surface area contributed by atoms with Crippen LogP contribution in [0, 0.1) is 0 Å². The predicted octanol–water partition coefficient (Wildman–Crippen LogP) is -1.84. The molecule has 1 aliphatic rings. The lowest BCUT2D eigenvalue weighted by Gasteiger charge is -2.43. The number of anilines is 2. The number of hydrogen-bond acceptors (Lipinski definition) is 12. The molecular weight excluding hydrogens is 464 g/mol. The van der Waals surface area contributed by atoms with Crippen LogP contribution in [0.25, 0.3) is 0 Å². The summed E-state index contributed by atoms with van der Waals surface area (Å²) in [4.78, 5) is 19.1. The van der Waals surface area contributed by atoms with Gasteiger partial charge in [-0.3, -0.25) is 0 Å². The zero-order chi connectivity index (χ0) is 24.5. The number of nitrogens with zero attached hydrogens (tertiary/aromatic N) is 3. The van der Waals surface area contributed by atoms with E-state index in [9.17, 15) is 33.6 Å². The van der Waals surface area contributed by atoms with Gasteiger partial charge in [-0.25, -0.2) is 17.5 Å². The van der Waals surface area contributed by atoms with Crippen LogP contribution in [0.5, 0.6) is 11.9 Å². The normalized spacial score (nSPS) is 25.3. The Morgan fingerprint density at radius 2 is 1.70 bits per heavy atom. The van der Waals surface area contributed by atoms with Gasteiger partial charge in [0, 0.05) is 11.8 Å². The van der Waals surface area contributed by atoms with E-state index in [0.29, 0.717) is 4.31 Å². The highest BCUT2D eigenvalue weighted by Gasteiger charge is 2.52. The van der Waals surface area contributed by atoms with Crippen LogP contribution in [0.3, 0.4) is 0 Å². The van der Waals surface area contributed by atoms with Gasteiger partial charge in [-0.05, 0) is 24.3 Å². The van der Waals surface area contributed by atoms with Crippen molar-refractivity contribution in [3.05, 3.63) is 30.3 Å². The summed E-state index contributed by atoms with van der Waals surface area (Å²) in [6, 6.07) is 5.71. The van der Waals surface area contributed by atoms with Gasteiger partial charge >= 0.3 is 12.0 Å². The highest BCUT2D eigenvalue weighted by atomic mass is 32.2. The van der Waals surface area contributed by atoms with E-state index in [0.717, 1.165) is 6.07 Å². The number of benzene rings is 1. The average Bonchev–Trinajstić information content (AvgIpc) is 2.78. The topological polar surface area (TPSA) is 215 Å². The lowest BCUT2D eigenvalue weighted by atomic mass is 9.98. The maximum atomic E-state index is 13.6.